The van der Waals surface area contributed by atoms with Crippen LogP contribution < -0.4 is 5.32 Å². The molecule has 2 aliphatic heterocycles. The summed E-state index contributed by atoms with van der Waals surface area (Å²) in [6.07, 6.45) is 3.14. The number of fused-ring (bicyclic) bond motifs is 1. The topological polar surface area (TPSA) is 81.4 Å². The van der Waals surface area contributed by atoms with Gasteiger partial charge in [0.1, 0.15) is 5.82 Å². The lowest BCUT2D eigenvalue weighted by atomic mass is 10.0. The summed E-state index contributed by atoms with van der Waals surface area (Å²) in [6, 6.07) is 17.4. The maximum atomic E-state index is 12.6. The van der Waals surface area contributed by atoms with E-state index in [2.05, 4.69) is 25.2 Å². The molecule has 0 radical (unpaired) electrons. The van der Waals surface area contributed by atoms with Crippen molar-refractivity contribution in [2.45, 2.75) is 38.3 Å². The Kier molecular flexibility index (Phi) is 4.56. The van der Waals surface area contributed by atoms with Gasteiger partial charge in [-0.25, -0.2) is 0 Å². The average Bonchev–Trinajstić information content (AvgIpc) is 3.43. The zero-order valence-corrected chi connectivity index (χ0v) is 15.9. The molecule has 7 nitrogen and oxygen atoms in total. The lowest BCUT2D eigenvalue weighted by molar-refractivity contribution is -0.125. The zero-order chi connectivity index (χ0) is 19.6. The van der Waals surface area contributed by atoms with E-state index in [1.807, 2.05) is 54.6 Å². The summed E-state index contributed by atoms with van der Waals surface area (Å²) in [6.45, 7) is 0.957. The van der Waals surface area contributed by atoms with Crippen molar-refractivity contribution in [1.82, 2.24) is 14.8 Å². The van der Waals surface area contributed by atoms with Crippen molar-refractivity contribution in [3.05, 3.63) is 66.0 Å². The van der Waals surface area contributed by atoms with Gasteiger partial charge in [0, 0.05) is 30.6 Å². The van der Waals surface area contributed by atoms with Crippen molar-refractivity contribution in [3.8, 4) is 11.4 Å². The highest BCUT2D eigenvalue weighted by molar-refractivity contribution is 6.06. The van der Waals surface area contributed by atoms with Crippen molar-refractivity contribution in [2.75, 3.05) is 5.32 Å². The molecule has 29 heavy (non-hydrogen) atoms. The van der Waals surface area contributed by atoms with E-state index < -0.39 is 6.10 Å². The van der Waals surface area contributed by atoms with Crippen LogP contribution in [0, 0.1) is 0 Å². The molecule has 7 heteroatoms. The zero-order valence-electron chi connectivity index (χ0n) is 15.9. The lowest BCUT2D eigenvalue weighted by Gasteiger charge is -2.15. The van der Waals surface area contributed by atoms with Crippen LogP contribution in [0.25, 0.3) is 11.4 Å². The fraction of sp³-hybridized carbons (Fsp3) is 0.273. The highest BCUT2D eigenvalue weighted by Crippen LogP contribution is 2.25. The smallest absolute Gasteiger partial charge is 0.268 e. The Morgan fingerprint density at radius 3 is 2.66 bits per heavy atom. The van der Waals surface area contributed by atoms with Crippen LogP contribution in [-0.2, 0) is 22.6 Å². The van der Waals surface area contributed by atoms with Crippen molar-refractivity contribution >= 4 is 17.3 Å². The van der Waals surface area contributed by atoms with Gasteiger partial charge in [0.15, 0.2) is 5.82 Å². The van der Waals surface area contributed by atoms with Crippen LogP contribution in [0.5, 0.6) is 0 Å². The number of amides is 1. The molecule has 1 N–H and O–H groups in total. The molecule has 146 valence electrons. The molecular weight excluding hydrogens is 366 g/mol. The molecule has 2 aliphatic rings. The van der Waals surface area contributed by atoms with Crippen LogP contribution >= 0.6 is 0 Å². The van der Waals surface area contributed by atoms with E-state index in [1.54, 1.807) is 0 Å². The molecule has 3 heterocycles. The molecule has 0 bridgehead atoms. The summed E-state index contributed by atoms with van der Waals surface area (Å²) in [5, 5.41) is 15.6. The molecule has 1 atom stereocenters. The van der Waals surface area contributed by atoms with Crippen LogP contribution in [0.4, 0.5) is 5.69 Å². The standard InChI is InChI=1S/C22H21N5O2/c28-22(19-14-18(26-29-19)15-6-2-1-3-7-15)23-17-11-9-16(10-12-17)21-25-24-20-8-4-5-13-27(20)21/h1-3,6-7,9-12,19H,4-5,8,13-14H2,(H,23,28)/t19-/m0/s1. The second-order valence-electron chi connectivity index (χ2n) is 7.32. The molecule has 1 amide bonds. The fourth-order valence-corrected chi connectivity index (χ4v) is 3.77. The van der Waals surface area contributed by atoms with Gasteiger partial charge in [-0.2, -0.15) is 0 Å². The van der Waals surface area contributed by atoms with Crippen LogP contribution in [-0.4, -0.2) is 32.5 Å². The number of anilines is 1. The first-order chi connectivity index (χ1) is 14.3. The minimum atomic E-state index is -0.617. The summed E-state index contributed by atoms with van der Waals surface area (Å²) in [5.74, 6) is 1.74. The number of oxime groups is 1. The maximum absolute atomic E-state index is 12.6. The predicted octanol–water partition coefficient (Wildman–Crippen LogP) is 3.41. The van der Waals surface area contributed by atoms with E-state index in [4.69, 9.17) is 4.84 Å². The minimum Gasteiger partial charge on any atom is -0.382 e. The van der Waals surface area contributed by atoms with Crippen LogP contribution in [0.3, 0.4) is 0 Å². The summed E-state index contributed by atoms with van der Waals surface area (Å²) in [7, 11) is 0. The van der Waals surface area contributed by atoms with Gasteiger partial charge in [0.25, 0.3) is 5.91 Å². The van der Waals surface area contributed by atoms with Gasteiger partial charge in [0.05, 0.1) is 5.71 Å². The largest absolute Gasteiger partial charge is 0.382 e. The van der Waals surface area contributed by atoms with Crippen molar-refractivity contribution in [1.29, 1.82) is 0 Å². The lowest BCUT2D eigenvalue weighted by Crippen LogP contribution is -2.28. The second-order valence-corrected chi connectivity index (χ2v) is 7.32. The monoisotopic (exact) mass is 387 g/mol. The normalized spacial score (nSPS) is 17.9. The Labute approximate surface area is 168 Å². The van der Waals surface area contributed by atoms with Crippen LogP contribution in [0.15, 0.2) is 59.8 Å². The van der Waals surface area contributed by atoms with Gasteiger partial charge in [-0.15, -0.1) is 10.2 Å². The Morgan fingerprint density at radius 1 is 1.00 bits per heavy atom. The van der Waals surface area contributed by atoms with E-state index in [1.165, 1.54) is 6.42 Å². The summed E-state index contributed by atoms with van der Waals surface area (Å²) < 4.78 is 2.19. The summed E-state index contributed by atoms with van der Waals surface area (Å²) in [5.41, 5.74) is 3.48. The number of hydrogen-bond acceptors (Lipinski definition) is 5. The number of aryl methyl sites for hydroxylation is 1. The summed E-state index contributed by atoms with van der Waals surface area (Å²) in [4.78, 5) is 17.9. The van der Waals surface area contributed by atoms with Gasteiger partial charge in [0.2, 0.25) is 6.10 Å². The Bertz CT molecular complexity index is 1060. The number of nitrogens with zero attached hydrogens (tertiary/aromatic N) is 4. The van der Waals surface area contributed by atoms with Crippen molar-refractivity contribution in [3.63, 3.8) is 0 Å². The molecule has 0 fully saturated rings. The van der Waals surface area contributed by atoms with E-state index >= 15 is 0 Å². The van der Waals surface area contributed by atoms with E-state index in [0.717, 1.165) is 47.9 Å². The van der Waals surface area contributed by atoms with Crippen LogP contribution in [0.1, 0.15) is 30.7 Å². The summed E-state index contributed by atoms with van der Waals surface area (Å²) >= 11 is 0. The van der Waals surface area contributed by atoms with Gasteiger partial charge in [-0.05, 0) is 42.7 Å². The van der Waals surface area contributed by atoms with Crippen molar-refractivity contribution in [2.24, 2.45) is 5.16 Å². The average molecular weight is 387 g/mol. The van der Waals surface area contributed by atoms with E-state index in [9.17, 15) is 4.79 Å². The Morgan fingerprint density at radius 2 is 1.83 bits per heavy atom. The third kappa shape index (κ3) is 3.51. The molecule has 0 saturated heterocycles. The highest BCUT2D eigenvalue weighted by Gasteiger charge is 2.29. The molecule has 5 rings (SSSR count). The molecule has 3 aromatic rings. The molecule has 1 aromatic heterocycles. The first-order valence-electron chi connectivity index (χ1n) is 9.89. The Balaban J connectivity index is 1.24. The highest BCUT2D eigenvalue weighted by atomic mass is 16.6. The van der Waals surface area contributed by atoms with Crippen molar-refractivity contribution < 1.29 is 9.63 Å². The Hall–Kier alpha value is -3.48. The third-order valence-electron chi connectivity index (χ3n) is 5.34. The van der Waals surface area contributed by atoms with Gasteiger partial charge < -0.3 is 14.7 Å². The number of aromatic nitrogens is 3. The number of carbonyl (C=O) groups is 1. The first kappa shape index (κ1) is 17.6. The molecular formula is C22H21N5O2. The van der Waals surface area contributed by atoms with E-state index in [-0.39, 0.29) is 5.91 Å². The molecule has 0 saturated carbocycles. The van der Waals surface area contributed by atoms with Crippen LogP contribution in [0.2, 0.25) is 0 Å². The van der Waals surface area contributed by atoms with Gasteiger partial charge in [-0.1, -0.05) is 35.5 Å². The second kappa shape index (κ2) is 7.50. The first-order valence-corrected chi connectivity index (χ1v) is 9.89. The number of benzene rings is 2. The van der Waals surface area contributed by atoms with Gasteiger partial charge in [-0.3, -0.25) is 4.79 Å². The third-order valence-corrected chi connectivity index (χ3v) is 5.34. The number of hydrogen-bond donors (Lipinski definition) is 1. The fourth-order valence-electron chi connectivity index (χ4n) is 3.77. The number of carbonyl (C=O) groups excluding carboxylic acids is 1. The SMILES string of the molecule is O=C(Nc1ccc(-c2nnc3n2CCCC3)cc1)[C@@H]1CC(c2ccccc2)=NO1. The molecule has 0 unspecified atom stereocenters. The van der Waals surface area contributed by atoms with Gasteiger partial charge >= 0.3 is 0 Å². The predicted molar refractivity (Wildman–Crippen MR) is 109 cm³/mol. The quantitative estimate of drug-likeness (QED) is 0.744. The molecule has 0 spiro atoms. The molecule has 0 aliphatic carbocycles. The minimum absolute atomic E-state index is 0.202. The number of nitrogens with one attached hydrogen (secondary N) is 1. The number of rotatable bonds is 4. The maximum Gasteiger partial charge on any atom is 0.268 e. The molecule has 2 aromatic carbocycles. The van der Waals surface area contributed by atoms with E-state index in [0.29, 0.717) is 12.1 Å².